The van der Waals surface area contributed by atoms with Crippen LogP contribution in [0.3, 0.4) is 0 Å². The fraction of sp³-hybridized carbons (Fsp3) is 0.409. The number of benzene rings is 8. The lowest BCUT2D eigenvalue weighted by Gasteiger charge is -2.38. The topological polar surface area (TPSA) is 223 Å². The summed E-state index contributed by atoms with van der Waals surface area (Å²) in [6, 6.07) is 36.9. The van der Waals surface area contributed by atoms with Gasteiger partial charge in [-0.2, -0.15) is 0 Å². The van der Waals surface area contributed by atoms with Crippen LogP contribution in [-0.2, 0) is 0 Å². The van der Waals surface area contributed by atoms with Crippen molar-refractivity contribution in [3.05, 3.63) is 188 Å². The Kier molecular flexibility index (Phi) is 23.1. The van der Waals surface area contributed by atoms with Crippen molar-refractivity contribution < 1.29 is 77.5 Å². The van der Waals surface area contributed by atoms with E-state index < -0.39 is 47.5 Å². The molecule has 4 heterocycles. The van der Waals surface area contributed by atoms with E-state index in [0.29, 0.717) is 116 Å². The Hall–Kier alpha value is -9.96. The van der Waals surface area contributed by atoms with Crippen LogP contribution < -0.4 is 37.9 Å². The summed E-state index contributed by atoms with van der Waals surface area (Å²) >= 11 is 0. The maximum atomic E-state index is 12.8. The van der Waals surface area contributed by atoms with Crippen LogP contribution in [0.5, 0.6) is 46.0 Å². The van der Waals surface area contributed by atoms with Gasteiger partial charge in [0.1, 0.15) is 46.0 Å². The van der Waals surface area contributed by atoms with Gasteiger partial charge < -0.3 is 58.3 Å². The number of unbranched alkanes of at least 4 members (excludes halogenated alkanes) is 16. The van der Waals surface area contributed by atoms with Crippen molar-refractivity contribution in [2.45, 2.75) is 205 Å². The van der Waals surface area contributed by atoms with E-state index in [0.717, 1.165) is 173 Å². The maximum absolute atomic E-state index is 12.8. The molecule has 0 unspecified atom stereocenters. The quantitative estimate of drug-likeness (QED) is 0.0288. The number of rotatable bonds is 32. The van der Waals surface area contributed by atoms with Crippen LogP contribution in [0.25, 0.3) is 44.5 Å². The number of ether oxygens (including phenoxy) is 8. The van der Waals surface area contributed by atoms with E-state index in [1.165, 1.54) is 0 Å². The number of carbonyl (C=O) groups is 4. The molecule has 0 aromatic heterocycles. The Morgan fingerprint density at radius 2 is 0.423 bits per heavy atom. The van der Waals surface area contributed by atoms with Crippen LogP contribution in [0.1, 0.15) is 291 Å². The number of aromatic carboxylic acids is 4. The molecule has 4 N–H and O–H groups in total. The smallest absolute Gasteiger partial charge is 0.335 e. The van der Waals surface area contributed by atoms with Gasteiger partial charge in [0.05, 0.1) is 44.5 Å². The van der Waals surface area contributed by atoms with Gasteiger partial charge in [-0.3, -0.25) is 0 Å². The van der Waals surface area contributed by atoms with Crippen molar-refractivity contribution in [1.29, 1.82) is 0 Å². The predicted molar refractivity (Wildman–Crippen MR) is 401 cm³/mol. The molecule has 8 bridgehead atoms. The van der Waals surface area contributed by atoms with E-state index in [4.69, 9.17) is 37.9 Å². The molecule has 0 atom stereocenters. The second-order valence-electron chi connectivity index (χ2n) is 28.5. The van der Waals surface area contributed by atoms with Crippen LogP contribution in [0, 0.1) is 0 Å². The molecule has 0 radical (unpaired) electrons. The molecule has 13 rings (SSSR count). The molecule has 104 heavy (non-hydrogen) atoms. The van der Waals surface area contributed by atoms with E-state index in [9.17, 15) is 39.6 Å². The van der Waals surface area contributed by atoms with Gasteiger partial charge in [0.15, 0.2) is 0 Å². The lowest BCUT2D eigenvalue weighted by molar-refractivity contribution is 0.0686. The molecule has 0 fully saturated rings. The van der Waals surface area contributed by atoms with Crippen molar-refractivity contribution >= 4 is 23.9 Å². The highest BCUT2D eigenvalue weighted by Crippen LogP contribution is 2.62. The Morgan fingerprint density at radius 1 is 0.260 bits per heavy atom. The first-order chi connectivity index (χ1) is 50.8. The van der Waals surface area contributed by atoms with Gasteiger partial charge in [-0.25, -0.2) is 19.2 Å². The van der Waals surface area contributed by atoms with Crippen molar-refractivity contribution in [3.8, 4) is 90.5 Å². The van der Waals surface area contributed by atoms with Crippen LogP contribution in [0.2, 0.25) is 0 Å². The van der Waals surface area contributed by atoms with Gasteiger partial charge >= 0.3 is 23.9 Å². The van der Waals surface area contributed by atoms with E-state index in [2.05, 4.69) is 52.0 Å². The molecule has 8 aromatic rings. The van der Waals surface area contributed by atoms with Gasteiger partial charge in [-0.15, -0.1) is 0 Å². The van der Waals surface area contributed by atoms with E-state index in [-0.39, 0.29) is 49.4 Å². The average molecular weight is 1410 g/mol. The molecule has 1 aliphatic carbocycles. The summed E-state index contributed by atoms with van der Waals surface area (Å²) in [4.78, 5) is 51.1. The third-order valence-corrected chi connectivity index (χ3v) is 21.9. The van der Waals surface area contributed by atoms with E-state index >= 15 is 0 Å². The second kappa shape index (κ2) is 33.2. The number of hydrogen-bond donors (Lipinski definition) is 4. The SMILES string of the molecule is CCCCCCCC1c2cc3c4c(-c5ccc(C(=O)O)cc5)c2OCOc2c1cc1c(c2-c2ccc(C(=O)O)cc2)OCOc2c(cc5c(c2-c2ccc(C(=O)O)cc2)OCOc2c(cc(c(c2-c2ccc(C(=O)O)cc2)OCO4)C3CCCCCCC)C5CCCCCCC)C1CCCCCCC. The summed E-state index contributed by atoms with van der Waals surface area (Å²) in [6.07, 6.45) is 22.1. The molecule has 5 aliphatic rings. The standard InChI is InChI=1S/C88H96O16/c1-5-9-13-17-21-25-61-65-45-67-62(26-22-18-14-10-6-2)69-47-71-64(28-24-20-16-12-8-4)72-48-70-63(27-23-19-15-11-7-3)68-46-66(61)78-74(54-31-39-58(40-32-54)86(91)92)80(68)100-51-102-82(70)76(56-35-43-60(44-36-56)88(95)96)84(72)104-52-103-83(71)75(55-33-41-59(42-34-55)87(93)94)81(69)101-50-99-79(67)73(77(65)97-49-98-78)53-29-37-57(38-30-53)85(89)90/h29-48,61-64H,5-28,49-52H2,1-4H3,(H,89,90)(H,91,92)(H,93,94)(H,95,96). The summed E-state index contributed by atoms with van der Waals surface area (Å²) in [7, 11) is 0. The zero-order valence-electron chi connectivity index (χ0n) is 60.3. The molecule has 16 heteroatoms. The highest BCUT2D eigenvalue weighted by Gasteiger charge is 2.43. The number of hydrogen-bond acceptors (Lipinski definition) is 12. The minimum absolute atomic E-state index is 0.114. The van der Waals surface area contributed by atoms with Crippen LogP contribution in [0.4, 0.5) is 0 Å². The summed E-state index contributed by atoms with van der Waals surface area (Å²) in [5.74, 6) is -1.98. The normalized spacial score (nSPS) is 16.4. The van der Waals surface area contributed by atoms with Crippen molar-refractivity contribution in [3.63, 3.8) is 0 Å². The van der Waals surface area contributed by atoms with Crippen molar-refractivity contribution in [2.75, 3.05) is 27.2 Å². The van der Waals surface area contributed by atoms with Crippen molar-refractivity contribution in [2.24, 2.45) is 0 Å². The molecule has 4 aliphatic heterocycles. The minimum Gasteiger partial charge on any atom is -0.478 e. The van der Waals surface area contributed by atoms with E-state index in [1.807, 2.05) is 48.5 Å². The van der Waals surface area contributed by atoms with Gasteiger partial charge in [-0.05, 0) is 121 Å². The zero-order chi connectivity index (χ0) is 72.4. The highest BCUT2D eigenvalue weighted by atomic mass is 16.7. The lowest BCUT2D eigenvalue weighted by Crippen LogP contribution is -2.24. The molecule has 8 aromatic carbocycles. The number of carboxylic acids is 4. The Morgan fingerprint density at radius 3 is 0.577 bits per heavy atom. The predicted octanol–water partition coefficient (Wildman–Crippen LogP) is 22.3. The Bertz CT molecular complexity index is 3740. The van der Waals surface area contributed by atoms with Crippen LogP contribution in [-0.4, -0.2) is 71.5 Å². The fourth-order valence-corrected chi connectivity index (χ4v) is 16.6. The highest BCUT2D eigenvalue weighted by molar-refractivity contribution is 5.94. The van der Waals surface area contributed by atoms with Gasteiger partial charge in [-0.1, -0.05) is 205 Å². The third kappa shape index (κ3) is 14.9. The molecular weight excluding hydrogens is 1310 g/mol. The first-order valence-corrected chi connectivity index (χ1v) is 38.0. The third-order valence-electron chi connectivity index (χ3n) is 21.9. The molecule has 0 saturated carbocycles. The largest absolute Gasteiger partial charge is 0.478 e. The van der Waals surface area contributed by atoms with Crippen LogP contribution in [0.15, 0.2) is 121 Å². The molecule has 16 nitrogen and oxygen atoms in total. The van der Waals surface area contributed by atoms with Crippen molar-refractivity contribution in [1.82, 2.24) is 0 Å². The van der Waals surface area contributed by atoms with Gasteiger partial charge in [0.25, 0.3) is 0 Å². The summed E-state index contributed by atoms with van der Waals surface area (Å²) in [5.41, 5.74) is 12.7. The Balaban J connectivity index is 1.24. The summed E-state index contributed by atoms with van der Waals surface area (Å²) in [5, 5.41) is 41.8. The van der Waals surface area contributed by atoms with Gasteiger partial charge in [0.2, 0.25) is 27.2 Å². The van der Waals surface area contributed by atoms with E-state index in [1.54, 1.807) is 48.5 Å². The van der Waals surface area contributed by atoms with Crippen LogP contribution >= 0.6 is 0 Å². The molecule has 544 valence electrons. The first-order valence-electron chi connectivity index (χ1n) is 38.0. The molecule has 0 spiro atoms. The monoisotopic (exact) mass is 1410 g/mol. The average Bonchev–Trinajstić information content (AvgIpc) is 0.716. The van der Waals surface area contributed by atoms with Gasteiger partial charge in [0, 0.05) is 68.2 Å². The second-order valence-corrected chi connectivity index (χ2v) is 28.5. The fourth-order valence-electron chi connectivity index (χ4n) is 16.6. The summed E-state index contributed by atoms with van der Waals surface area (Å²) < 4.78 is 58.4. The maximum Gasteiger partial charge on any atom is 0.335 e. The Labute approximate surface area is 609 Å². The minimum atomic E-state index is -1.07. The molecule has 0 saturated heterocycles. The number of carboxylic acid groups (broad SMARTS) is 4. The molecule has 0 amide bonds. The molecular formula is C88H96O16. The summed E-state index contributed by atoms with van der Waals surface area (Å²) in [6.45, 7) is 7.67. The lowest BCUT2D eigenvalue weighted by atomic mass is 9.73. The zero-order valence-corrected chi connectivity index (χ0v) is 60.3. The first kappa shape index (κ1) is 72.4.